The zero-order valence-electron chi connectivity index (χ0n) is 8.20. The predicted octanol–water partition coefficient (Wildman–Crippen LogP) is 2.44. The molecule has 0 saturated carbocycles. The van der Waals surface area contributed by atoms with E-state index < -0.39 is 0 Å². The molecule has 1 rings (SSSR count). The van der Waals surface area contributed by atoms with E-state index in [0.29, 0.717) is 0 Å². The van der Waals surface area contributed by atoms with Crippen molar-refractivity contribution in [3.05, 3.63) is 23.8 Å². The maximum Gasteiger partial charge on any atom is 0.132 e. The lowest BCUT2D eigenvalue weighted by molar-refractivity contribution is 0.404. The first-order chi connectivity index (χ1) is 6.19. The number of hydrogen-bond donors (Lipinski definition) is 1. The van der Waals surface area contributed by atoms with E-state index in [9.17, 15) is 0 Å². The van der Waals surface area contributed by atoms with E-state index in [0.717, 1.165) is 16.2 Å². The Morgan fingerprint density at radius 1 is 1.46 bits per heavy atom. The second-order valence-electron chi connectivity index (χ2n) is 2.90. The van der Waals surface area contributed by atoms with Crippen molar-refractivity contribution in [1.82, 2.24) is 0 Å². The van der Waals surface area contributed by atoms with Gasteiger partial charge in [-0.2, -0.15) is 0 Å². The average Bonchev–Trinajstić information content (AvgIpc) is 2.16. The summed E-state index contributed by atoms with van der Waals surface area (Å²) >= 11 is 1.67. The zero-order chi connectivity index (χ0) is 9.84. The molecule has 2 N–H and O–H groups in total. The van der Waals surface area contributed by atoms with Crippen molar-refractivity contribution in [1.29, 1.82) is 0 Å². The van der Waals surface area contributed by atoms with Gasteiger partial charge in [-0.05, 0) is 30.9 Å². The molecule has 0 spiro atoms. The molecule has 1 aromatic carbocycles. The average molecular weight is 197 g/mol. The zero-order valence-corrected chi connectivity index (χ0v) is 9.02. The largest absolute Gasteiger partial charge is 0.496 e. The number of nitrogens with two attached hydrogens (primary N) is 1. The van der Waals surface area contributed by atoms with Gasteiger partial charge in [-0.15, -0.1) is 11.8 Å². The predicted molar refractivity (Wildman–Crippen MR) is 57.4 cm³/mol. The summed E-state index contributed by atoms with van der Waals surface area (Å²) in [7, 11) is 1.68. The van der Waals surface area contributed by atoms with Crippen LogP contribution < -0.4 is 10.5 Å². The molecule has 1 atom stereocenters. The molecule has 0 saturated heterocycles. The lowest BCUT2D eigenvalue weighted by Gasteiger charge is -2.10. The minimum Gasteiger partial charge on any atom is -0.496 e. The number of methoxy groups -OCH3 is 1. The molecule has 0 amide bonds. The molecule has 72 valence electrons. The molecule has 13 heavy (non-hydrogen) atoms. The molecule has 3 heteroatoms. The van der Waals surface area contributed by atoms with E-state index >= 15 is 0 Å². The SMILES string of the molecule is COc1cc(C(C)N)ccc1SC. The number of thioether (sulfide) groups is 1. The molecular weight excluding hydrogens is 182 g/mol. The van der Waals surface area contributed by atoms with Gasteiger partial charge in [-0.1, -0.05) is 6.07 Å². The van der Waals surface area contributed by atoms with Gasteiger partial charge in [0, 0.05) is 10.9 Å². The molecule has 1 aromatic rings. The summed E-state index contributed by atoms with van der Waals surface area (Å²) in [6.45, 7) is 1.97. The summed E-state index contributed by atoms with van der Waals surface area (Å²) in [6.07, 6.45) is 2.03. The van der Waals surface area contributed by atoms with Crippen LogP contribution in [0.4, 0.5) is 0 Å². The van der Waals surface area contributed by atoms with Gasteiger partial charge in [-0.25, -0.2) is 0 Å². The Kier molecular flexibility index (Phi) is 3.63. The molecule has 0 aromatic heterocycles. The Morgan fingerprint density at radius 3 is 2.62 bits per heavy atom. The highest BCUT2D eigenvalue weighted by molar-refractivity contribution is 7.98. The Labute approximate surface area is 83.5 Å². The molecule has 0 fully saturated rings. The fraction of sp³-hybridized carbons (Fsp3) is 0.400. The van der Waals surface area contributed by atoms with Gasteiger partial charge in [0.15, 0.2) is 0 Å². The van der Waals surface area contributed by atoms with Crippen molar-refractivity contribution in [2.24, 2.45) is 5.73 Å². The second-order valence-corrected chi connectivity index (χ2v) is 3.75. The van der Waals surface area contributed by atoms with Gasteiger partial charge >= 0.3 is 0 Å². The first kappa shape index (κ1) is 10.4. The van der Waals surface area contributed by atoms with Gasteiger partial charge in [0.25, 0.3) is 0 Å². The van der Waals surface area contributed by atoms with Gasteiger partial charge in [0.1, 0.15) is 5.75 Å². The normalized spacial score (nSPS) is 12.6. The van der Waals surface area contributed by atoms with Crippen LogP contribution in [-0.2, 0) is 0 Å². The quantitative estimate of drug-likeness (QED) is 0.756. The highest BCUT2D eigenvalue weighted by Gasteiger charge is 2.05. The first-order valence-electron chi connectivity index (χ1n) is 4.16. The number of ether oxygens (including phenoxy) is 1. The fourth-order valence-corrected chi connectivity index (χ4v) is 1.68. The maximum absolute atomic E-state index is 5.77. The number of rotatable bonds is 3. The van der Waals surface area contributed by atoms with E-state index in [1.54, 1.807) is 18.9 Å². The first-order valence-corrected chi connectivity index (χ1v) is 5.39. The van der Waals surface area contributed by atoms with E-state index in [-0.39, 0.29) is 6.04 Å². The molecule has 0 aliphatic carbocycles. The summed E-state index contributed by atoms with van der Waals surface area (Å²) in [5.41, 5.74) is 6.87. The summed E-state index contributed by atoms with van der Waals surface area (Å²) in [4.78, 5) is 1.15. The Bertz CT molecular complexity index is 286. The Hall–Kier alpha value is -0.670. The van der Waals surface area contributed by atoms with Crippen molar-refractivity contribution in [2.75, 3.05) is 13.4 Å². The smallest absolute Gasteiger partial charge is 0.132 e. The minimum atomic E-state index is 0.0600. The number of benzene rings is 1. The molecular formula is C10H15NOS. The van der Waals surface area contributed by atoms with E-state index in [1.807, 2.05) is 31.4 Å². The lowest BCUT2D eigenvalue weighted by atomic mass is 10.1. The second kappa shape index (κ2) is 4.53. The van der Waals surface area contributed by atoms with Crippen LogP contribution >= 0.6 is 11.8 Å². The van der Waals surface area contributed by atoms with Crippen molar-refractivity contribution < 1.29 is 4.74 Å². The van der Waals surface area contributed by atoms with Crippen LogP contribution in [0.5, 0.6) is 5.75 Å². The monoisotopic (exact) mass is 197 g/mol. The van der Waals surface area contributed by atoms with E-state index in [2.05, 4.69) is 0 Å². The van der Waals surface area contributed by atoms with Crippen LogP contribution in [0.25, 0.3) is 0 Å². The van der Waals surface area contributed by atoms with Crippen molar-refractivity contribution in [2.45, 2.75) is 17.9 Å². The maximum atomic E-state index is 5.77. The van der Waals surface area contributed by atoms with E-state index in [4.69, 9.17) is 10.5 Å². The third-order valence-corrected chi connectivity index (χ3v) is 2.71. The Balaban J connectivity index is 3.05. The van der Waals surface area contributed by atoms with Crippen LogP contribution in [0.1, 0.15) is 18.5 Å². The topological polar surface area (TPSA) is 35.2 Å². The standard InChI is InChI=1S/C10H15NOS/c1-7(11)8-4-5-10(13-3)9(6-8)12-2/h4-7H,11H2,1-3H3. The summed E-state index contributed by atoms with van der Waals surface area (Å²) in [5, 5.41) is 0. The van der Waals surface area contributed by atoms with Crippen LogP contribution in [0.2, 0.25) is 0 Å². The third-order valence-electron chi connectivity index (χ3n) is 1.93. The van der Waals surface area contributed by atoms with Gasteiger partial charge in [-0.3, -0.25) is 0 Å². The molecule has 2 nitrogen and oxygen atoms in total. The van der Waals surface area contributed by atoms with Crippen LogP contribution in [0.15, 0.2) is 23.1 Å². The molecule has 0 aliphatic rings. The Morgan fingerprint density at radius 2 is 2.15 bits per heavy atom. The fourth-order valence-electron chi connectivity index (χ4n) is 1.14. The van der Waals surface area contributed by atoms with Crippen molar-refractivity contribution >= 4 is 11.8 Å². The molecule has 0 radical (unpaired) electrons. The van der Waals surface area contributed by atoms with Crippen molar-refractivity contribution in [3.63, 3.8) is 0 Å². The van der Waals surface area contributed by atoms with Gasteiger partial charge in [0.2, 0.25) is 0 Å². The van der Waals surface area contributed by atoms with Crippen molar-refractivity contribution in [3.8, 4) is 5.75 Å². The minimum absolute atomic E-state index is 0.0600. The van der Waals surface area contributed by atoms with Crippen LogP contribution in [0, 0.1) is 0 Å². The van der Waals surface area contributed by atoms with Crippen LogP contribution in [-0.4, -0.2) is 13.4 Å². The molecule has 0 aliphatic heterocycles. The summed E-state index contributed by atoms with van der Waals surface area (Å²) < 4.78 is 5.25. The third kappa shape index (κ3) is 2.39. The van der Waals surface area contributed by atoms with Gasteiger partial charge in [0.05, 0.1) is 7.11 Å². The van der Waals surface area contributed by atoms with Gasteiger partial charge < -0.3 is 10.5 Å². The van der Waals surface area contributed by atoms with E-state index in [1.165, 1.54) is 0 Å². The highest BCUT2D eigenvalue weighted by Crippen LogP contribution is 2.29. The molecule has 1 unspecified atom stereocenters. The summed E-state index contributed by atoms with van der Waals surface area (Å²) in [5.74, 6) is 0.905. The highest BCUT2D eigenvalue weighted by atomic mass is 32.2. The summed E-state index contributed by atoms with van der Waals surface area (Å²) in [6, 6.07) is 6.14. The molecule has 0 bridgehead atoms. The lowest BCUT2D eigenvalue weighted by Crippen LogP contribution is -2.05. The molecule has 0 heterocycles. The van der Waals surface area contributed by atoms with Crippen LogP contribution in [0.3, 0.4) is 0 Å². The number of hydrogen-bond acceptors (Lipinski definition) is 3.